The Balaban J connectivity index is 4.43. The van der Waals surface area contributed by atoms with Crippen LogP contribution in [0.25, 0.3) is 0 Å². The van der Waals surface area contributed by atoms with Crippen molar-refractivity contribution >= 4 is 11.9 Å². The van der Waals surface area contributed by atoms with Crippen molar-refractivity contribution < 1.29 is 23.8 Å². The van der Waals surface area contributed by atoms with Crippen LogP contribution in [0.2, 0.25) is 0 Å². The van der Waals surface area contributed by atoms with Gasteiger partial charge in [0, 0.05) is 7.11 Å². The van der Waals surface area contributed by atoms with Crippen LogP contribution in [0.1, 0.15) is 51.9 Å². The number of esters is 2. The zero-order chi connectivity index (χ0) is 14.7. The number of methoxy groups -OCH3 is 3. The summed E-state index contributed by atoms with van der Waals surface area (Å²) in [4.78, 5) is 23.6. The molecule has 0 aromatic carbocycles. The molecular weight excluding hydrogens is 248 g/mol. The van der Waals surface area contributed by atoms with E-state index < -0.39 is 17.5 Å². The summed E-state index contributed by atoms with van der Waals surface area (Å²) in [6.45, 7) is 2.16. The first kappa shape index (κ1) is 17.9. The summed E-state index contributed by atoms with van der Waals surface area (Å²) in [5, 5.41) is 0. The molecule has 0 aliphatic rings. The van der Waals surface area contributed by atoms with Gasteiger partial charge in [-0.3, -0.25) is 0 Å². The molecule has 0 aromatic rings. The van der Waals surface area contributed by atoms with Gasteiger partial charge in [-0.1, -0.05) is 39.0 Å². The van der Waals surface area contributed by atoms with E-state index in [1.54, 1.807) is 0 Å². The average molecular weight is 274 g/mol. The van der Waals surface area contributed by atoms with E-state index in [2.05, 4.69) is 16.4 Å². The first-order chi connectivity index (χ1) is 9.08. The van der Waals surface area contributed by atoms with E-state index in [4.69, 9.17) is 4.74 Å². The van der Waals surface area contributed by atoms with E-state index in [0.29, 0.717) is 0 Å². The molecule has 0 atom stereocenters. The van der Waals surface area contributed by atoms with Crippen molar-refractivity contribution in [2.24, 2.45) is 0 Å². The van der Waals surface area contributed by atoms with Gasteiger partial charge in [-0.25, -0.2) is 9.59 Å². The van der Waals surface area contributed by atoms with Crippen LogP contribution in [-0.4, -0.2) is 38.9 Å². The molecular formula is C14H26O5. The van der Waals surface area contributed by atoms with E-state index in [9.17, 15) is 9.59 Å². The molecule has 0 heterocycles. The van der Waals surface area contributed by atoms with Crippen molar-refractivity contribution in [3.05, 3.63) is 0 Å². The molecule has 0 aliphatic heterocycles. The molecule has 0 saturated carbocycles. The molecule has 0 radical (unpaired) electrons. The number of rotatable bonds is 10. The van der Waals surface area contributed by atoms with E-state index in [1.165, 1.54) is 40.6 Å². The maximum atomic E-state index is 11.8. The first-order valence-corrected chi connectivity index (χ1v) is 6.81. The van der Waals surface area contributed by atoms with Gasteiger partial charge in [0.1, 0.15) is 0 Å². The first-order valence-electron chi connectivity index (χ1n) is 6.81. The highest BCUT2D eigenvalue weighted by atomic mass is 16.6. The summed E-state index contributed by atoms with van der Waals surface area (Å²) in [6.07, 6.45) is 6.63. The quantitative estimate of drug-likeness (QED) is 0.348. The van der Waals surface area contributed by atoms with Crippen LogP contribution >= 0.6 is 0 Å². The lowest BCUT2D eigenvalue weighted by Crippen LogP contribution is -2.49. The number of ether oxygens (including phenoxy) is 3. The second-order valence-corrected chi connectivity index (χ2v) is 4.53. The predicted molar refractivity (Wildman–Crippen MR) is 71.8 cm³/mol. The van der Waals surface area contributed by atoms with Crippen molar-refractivity contribution in [2.75, 3.05) is 21.3 Å². The number of carbonyl (C=O) groups excluding carboxylic acids is 2. The molecule has 0 aromatic heterocycles. The largest absolute Gasteiger partial charge is 0.466 e. The Bertz CT molecular complexity index is 259. The van der Waals surface area contributed by atoms with Crippen LogP contribution in [0.5, 0.6) is 0 Å². The van der Waals surface area contributed by atoms with Gasteiger partial charge in [-0.15, -0.1) is 0 Å². The highest BCUT2D eigenvalue weighted by molar-refractivity contribution is 6.03. The Morgan fingerprint density at radius 3 is 1.74 bits per heavy atom. The van der Waals surface area contributed by atoms with Crippen LogP contribution in [0.3, 0.4) is 0 Å². The predicted octanol–water partition coefficient (Wildman–Crippen LogP) is 2.47. The maximum Gasteiger partial charge on any atom is 0.350 e. The zero-order valence-electron chi connectivity index (χ0n) is 12.5. The van der Waals surface area contributed by atoms with Crippen LogP contribution in [0.15, 0.2) is 0 Å². The van der Waals surface area contributed by atoms with Gasteiger partial charge in [0.15, 0.2) is 0 Å². The monoisotopic (exact) mass is 274 g/mol. The molecule has 5 nitrogen and oxygen atoms in total. The molecule has 0 spiro atoms. The van der Waals surface area contributed by atoms with Crippen molar-refractivity contribution in [3.8, 4) is 0 Å². The molecule has 0 fully saturated rings. The highest BCUT2D eigenvalue weighted by Gasteiger charge is 2.48. The van der Waals surface area contributed by atoms with Gasteiger partial charge in [-0.2, -0.15) is 0 Å². The number of hydrogen-bond acceptors (Lipinski definition) is 5. The Morgan fingerprint density at radius 1 is 0.842 bits per heavy atom. The maximum absolute atomic E-state index is 11.8. The summed E-state index contributed by atoms with van der Waals surface area (Å²) in [6, 6.07) is 0. The van der Waals surface area contributed by atoms with Crippen LogP contribution in [-0.2, 0) is 23.8 Å². The number of unbranched alkanes of at least 4 members (excludes halogenated alkanes) is 5. The van der Waals surface area contributed by atoms with E-state index in [-0.39, 0.29) is 6.42 Å². The third-order valence-corrected chi connectivity index (χ3v) is 3.26. The summed E-state index contributed by atoms with van der Waals surface area (Å²) >= 11 is 0. The van der Waals surface area contributed by atoms with Gasteiger partial charge in [0.05, 0.1) is 14.2 Å². The molecule has 0 N–H and O–H groups in total. The second kappa shape index (κ2) is 9.78. The Kier molecular flexibility index (Phi) is 9.21. The summed E-state index contributed by atoms with van der Waals surface area (Å²) in [5.74, 6) is -1.40. The van der Waals surface area contributed by atoms with Crippen molar-refractivity contribution in [1.29, 1.82) is 0 Å². The van der Waals surface area contributed by atoms with Crippen molar-refractivity contribution in [2.45, 2.75) is 57.5 Å². The van der Waals surface area contributed by atoms with E-state index in [1.807, 2.05) is 0 Å². The Labute approximate surface area is 115 Å². The SMILES string of the molecule is CCCCCCCCC(OC)(C(=O)OC)C(=O)OC. The van der Waals surface area contributed by atoms with Gasteiger partial charge < -0.3 is 14.2 Å². The number of hydrogen-bond donors (Lipinski definition) is 0. The minimum absolute atomic E-state index is 0.287. The second-order valence-electron chi connectivity index (χ2n) is 4.53. The van der Waals surface area contributed by atoms with Crippen LogP contribution in [0, 0.1) is 0 Å². The highest BCUT2D eigenvalue weighted by Crippen LogP contribution is 2.23. The molecule has 0 saturated heterocycles. The molecule has 0 unspecified atom stereocenters. The Hall–Kier alpha value is -1.10. The summed E-state index contributed by atoms with van der Waals surface area (Å²) in [5.41, 5.74) is -1.62. The standard InChI is InChI=1S/C14H26O5/c1-5-6-7-8-9-10-11-14(19-4,12(15)17-2)13(16)18-3/h5-11H2,1-4H3. The smallest absolute Gasteiger partial charge is 0.350 e. The van der Waals surface area contributed by atoms with Gasteiger partial charge in [0.2, 0.25) is 0 Å². The van der Waals surface area contributed by atoms with Crippen molar-refractivity contribution in [1.82, 2.24) is 0 Å². The molecule has 0 bridgehead atoms. The van der Waals surface area contributed by atoms with Crippen LogP contribution in [0.4, 0.5) is 0 Å². The van der Waals surface area contributed by atoms with E-state index in [0.717, 1.165) is 19.3 Å². The third-order valence-electron chi connectivity index (χ3n) is 3.26. The van der Waals surface area contributed by atoms with Crippen molar-refractivity contribution in [3.63, 3.8) is 0 Å². The molecule has 0 rings (SSSR count). The average Bonchev–Trinajstić information content (AvgIpc) is 2.45. The Morgan fingerprint density at radius 2 is 1.32 bits per heavy atom. The zero-order valence-corrected chi connectivity index (χ0v) is 12.5. The third kappa shape index (κ3) is 5.19. The van der Waals surface area contributed by atoms with E-state index >= 15 is 0 Å². The topological polar surface area (TPSA) is 61.8 Å². The summed E-state index contributed by atoms with van der Waals surface area (Å²) in [7, 11) is 3.80. The molecule has 0 amide bonds. The molecule has 112 valence electrons. The van der Waals surface area contributed by atoms with Gasteiger partial charge in [-0.05, 0) is 12.8 Å². The molecule has 5 heteroatoms. The minimum atomic E-state index is -1.62. The minimum Gasteiger partial charge on any atom is -0.466 e. The summed E-state index contributed by atoms with van der Waals surface area (Å²) < 4.78 is 14.4. The van der Waals surface area contributed by atoms with Crippen LogP contribution < -0.4 is 0 Å². The lowest BCUT2D eigenvalue weighted by molar-refractivity contribution is -0.185. The fraction of sp³-hybridized carbons (Fsp3) is 0.857. The van der Waals surface area contributed by atoms with Gasteiger partial charge in [0.25, 0.3) is 5.60 Å². The van der Waals surface area contributed by atoms with Gasteiger partial charge >= 0.3 is 11.9 Å². The number of carbonyl (C=O) groups is 2. The molecule has 0 aliphatic carbocycles. The lowest BCUT2D eigenvalue weighted by atomic mass is 9.95. The fourth-order valence-electron chi connectivity index (χ4n) is 2.04. The fourth-order valence-corrected chi connectivity index (χ4v) is 2.04. The lowest BCUT2D eigenvalue weighted by Gasteiger charge is -2.26. The molecule has 19 heavy (non-hydrogen) atoms. The normalized spacial score (nSPS) is 11.2.